The van der Waals surface area contributed by atoms with E-state index in [2.05, 4.69) is 0 Å². The minimum Gasteiger partial charge on any atom is -0.507 e. The van der Waals surface area contributed by atoms with Crippen LogP contribution in [0.2, 0.25) is 0 Å². The average molecular weight is 380 g/mol. The number of phenols is 1. The van der Waals surface area contributed by atoms with Crippen molar-refractivity contribution in [3.8, 4) is 39.9 Å². The van der Waals surface area contributed by atoms with Gasteiger partial charge in [-0.05, 0) is 35.2 Å². The van der Waals surface area contributed by atoms with E-state index in [4.69, 9.17) is 23.4 Å². The number of benzene rings is 3. The number of ether oxygens (including phenoxy) is 4. The molecule has 144 valence electrons. The Balaban J connectivity index is 2.14. The number of aromatic hydroxyl groups is 1. The molecule has 0 saturated heterocycles. The Labute approximate surface area is 161 Å². The van der Waals surface area contributed by atoms with Gasteiger partial charge in [0.05, 0.1) is 40.1 Å². The smallest absolute Gasteiger partial charge is 0.161 e. The topological polar surface area (TPSA) is 70.3 Å². The van der Waals surface area contributed by atoms with Crippen LogP contribution >= 0.6 is 0 Å². The monoisotopic (exact) mass is 380 g/mol. The number of hydrogen-bond donors (Lipinski definition) is 1. The molecule has 6 nitrogen and oxygen atoms in total. The van der Waals surface area contributed by atoms with Gasteiger partial charge in [-0.25, -0.2) is 0 Å². The predicted molar refractivity (Wildman–Crippen MR) is 107 cm³/mol. The van der Waals surface area contributed by atoms with Crippen LogP contribution in [-0.2, 0) is 0 Å². The third-order valence-corrected chi connectivity index (χ3v) is 4.91. The van der Waals surface area contributed by atoms with E-state index >= 15 is 0 Å². The number of furan rings is 1. The van der Waals surface area contributed by atoms with Crippen molar-refractivity contribution < 1.29 is 28.5 Å². The van der Waals surface area contributed by atoms with E-state index in [1.807, 2.05) is 24.3 Å². The maximum Gasteiger partial charge on any atom is 0.161 e. The van der Waals surface area contributed by atoms with Crippen LogP contribution in [0.5, 0.6) is 28.7 Å². The standard InChI is InChI=1S/C22H20O6/c1-24-17-6-5-12(7-18(17)25-2)21-13-8-19(26-3)20(27-4)9-14(13)22(23)16-11-28-10-15(16)21/h5-11,23H,1-4H3. The highest BCUT2D eigenvalue weighted by molar-refractivity contribution is 6.17. The first kappa shape index (κ1) is 17.9. The molecular formula is C22H20O6. The zero-order valence-electron chi connectivity index (χ0n) is 16.0. The molecule has 0 aliphatic rings. The fourth-order valence-corrected chi connectivity index (χ4v) is 3.55. The van der Waals surface area contributed by atoms with Crippen molar-refractivity contribution in [1.82, 2.24) is 0 Å². The fourth-order valence-electron chi connectivity index (χ4n) is 3.55. The zero-order valence-corrected chi connectivity index (χ0v) is 16.0. The molecule has 0 atom stereocenters. The van der Waals surface area contributed by atoms with Crippen LogP contribution < -0.4 is 18.9 Å². The van der Waals surface area contributed by atoms with Gasteiger partial charge in [0.25, 0.3) is 0 Å². The van der Waals surface area contributed by atoms with E-state index in [1.54, 1.807) is 40.8 Å². The minimum absolute atomic E-state index is 0.129. The molecule has 4 rings (SSSR count). The van der Waals surface area contributed by atoms with Crippen LogP contribution in [0.15, 0.2) is 47.3 Å². The van der Waals surface area contributed by atoms with Crippen LogP contribution in [0.25, 0.3) is 32.7 Å². The van der Waals surface area contributed by atoms with E-state index in [0.717, 1.165) is 21.9 Å². The third kappa shape index (κ3) is 2.57. The van der Waals surface area contributed by atoms with Crippen LogP contribution in [0.4, 0.5) is 0 Å². The fraction of sp³-hybridized carbons (Fsp3) is 0.182. The Bertz CT molecular complexity index is 1180. The summed E-state index contributed by atoms with van der Waals surface area (Å²) in [6, 6.07) is 9.30. The lowest BCUT2D eigenvalue weighted by Gasteiger charge is -2.16. The molecule has 4 aromatic rings. The van der Waals surface area contributed by atoms with E-state index in [1.165, 1.54) is 6.26 Å². The summed E-state index contributed by atoms with van der Waals surface area (Å²) in [5.74, 6) is 2.48. The van der Waals surface area contributed by atoms with Gasteiger partial charge in [0, 0.05) is 16.3 Å². The van der Waals surface area contributed by atoms with E-state index in [9.17, 15) is 5.11 Å². The number of fused-ring (bicyclic) bond motifs is 2. The number of methoxy groups -OCH3 is 4. The lowest BCUT2D eigenvalue weighted by molar-refractivity contribution is 0.355. The molecule has 0 spiro atoms. The Hall–Kier alpha value is -3.54. The summed E-state index contributed by atoms with van der Waals surface area (Å²) in [6.45, 7) is 0. The Morgan fingerprint density at radius 3 is 1.86 bits per heavy atom. The Kier molecular flexibility index (Phi) is 4.39. The lowest BCUT2D eigenvalue weighted by atomic mass is 9.92. The van der Waals surface area contributed by atoms with Crippen molar-refractivity contribution in [3.63, 3.8) is 0 Å². The minimum atomic E-state index is 0.129. The average Bonchev–Trinajstić information content (AvgIpc) is 3.22. The number of hydrogen-bond acceptors (Lipinski definition) is 6. The molecule has 0 radical (unpaired) electrons. The van der Waals surface area contributed by atoms with Crippen molar-refractivity contribution in [1.29, 1.82) is 0 Å². The second kappa shape index (κ2) is 6.88. The lowest BCUT2D eigenvalue weighted by Crippen LogP contribution is -1.94. The maximum absolute atomic E-state index is 10.8. The SMILES string of the molecule is COc1ccc(-c2c3cocc3c(O)c3cc(OC)c(OC)cc23)cc1OC. The normalized spacial score (nSPS) is 11.0. The zero-order chi connectivity index (χ0) is 19.8. The summed E-state index contributed by atoms with van der Waals surface area (Å²) in [6.07, 6.45) is 3.16. The van der Waals surface area contributed by atoms with Gasteiger partial charge in [-0.3, -0.25) is 0 Å². The van der Waals surface area contributed by atoms with E-state index < -0.39 is 0 Å². The predicted octanol–water partition coefficient (Wildman–Crippen LogP) is 4.99. The largest absolute Gasteiger partial charge is 0.507 e. The van der Waals surface area contributed by atoms with Gasteiger partial charge in [-0.1, -0.05) is 6.07 Å². The quantitative estimate of drug-likeness (QED) is 0.526. The van der Waals surface area contributed by atoms with Crippen molar-refractivity contribution in [3.05, 3.63) is 42.9 Å². The molecule has 0 bridgehead atoms. The number of phenolic OH excluding ortho intramolecular Hbond substituents is 1. The molecule has 0 saturated carbocycles. The van der Waals surface area contributed by atoms with Gasteiger partial charge in [0.15, 0.2) is 23.0 Å². The first-order chi connectivity index (χ1) is 13.6. The summed E-state index contributed by atoms with van der Waals surface area (Å²) in [7, 11) is 6.33. The first-order valence-corrected chi connectivity index (χ1v) is 8.61. The summed E-state index contributed by atoms with van der Waals surface area (Å²) < 4.78 is 27.1. The molecular weight excluding hydrogens is 360 g/mol. The molecule has 0 aliphatic carbocycles. The second-order valence-electron chi connectivity index (χ2n) is 6.25. The van der Waals surface area contributed by atoms with Crippen LogP contribution in [0.1, 0.15) is 0 Å². The third-order valence-electron chi connectivity index (χ3n) is 4.91. The molecule has 0 unspecified atom stereocenters. The molecule has 3 aromatic carbocycles. The van der Waals surface area contributed by atoms with Crippen LogP contribution in [0.3, 0.4) is 0 Å². The Morgan fingerprint density at radius 2 is 1.21 bits per heavy atom. The van der Waals surface area contributed by atoms with Crippen LogP contribution in [-0.4, -0.2) is 33.5 Å². The van der Waals surface area contributed by atoms with Crippen molar-refractivity contribution in [2.45, 2.75) is 0 Å². The molecule has 28 heavy (non-hydrogen) atoms. The van der Waals surface area contributed by atoms with Gasteiger partial charge < -0.3 is 28.5 Å². The molecule has 1 aromatic heterocycles. The van der Waals surface area contributed by atoms with Crippen molar-refractivity contribution in [2.24, 2.45) is 0 Å². The van der Waals surface area contributed by atoms with Crippen molar-refractivity contribution in [2.75, 3.05) is 28.4 Å². The van der Waals surface area contributed by atoms with Crippen LogP contribution in [0, 0.1) is 0 Å². The van der Waals surface area contributed by atoms with Gasteiger partial charge in [0.1, 0.15) is 12.0 Å². The van der Waals surface area contributed by atoms with Gasteiger partial charge in [0.2, 0.25) is 0 Å². The molecule has 6 heteroatoms. The summed E-state index contributed by atoms with van der Waals surface area (Å²) in [5.41, 5.74) is 1.78. The second-order valence-corrected chi connectivity index (χ2v) is 6.25. The Morgan fingerprint density at radius 1 is 0.643 bits per heavy atom. The highest BCUT2D eigenvalue weighted by Gasteiger charge is 2.20. The highest BCUT2D eigenvalue weighted by Crippen LogP contribution is 2.47. The maximum atomic E-state index is 10.8. The first-order valence-electron chi connectivity index (χ1n) is 8.61. The summed E-state index contributed by atoms with van der Waals surface area (Å²) in [5, 5.41) is 13.7. The van der Waals surface area contributed by atoms with E-state index in [-0.39, 0.29) is 5.75 Å². The summed E-state index contributed by atoms with van der Waals surface area (Å²) >= 11 is 0. The summed E-state index contributed by atoms with van der Waals surface area (Å²) in [4.78, 5) is 0. The molecule has 0 fully saturated rings. The van der Waals surface area contributed by atoms with E-state index in [0.29, 0.717) is 33.8 Å². The molecule has 1 N–H and O–H groups in total. The number of rotatable bonds is 5. The highest BCUT2D eigenvalue weighted by atomic mass is 16.5. The molecule has 0 amide bonds. The molecule has 1 heterocycles. The van der Waals surface area contributed by atoms with Crippen molar-refractivity contribution >= 4 is 21.5 Å². The van der Waals surface area contributed by atoms with Gasteiger partial charge in [-0.15, -0.1) is 0 Å². The van der Waals surface area contributed by atoms with Gasteiger partial charge >= 0.3 is 0 Å². The van der Waals surface area contributed by atoms with Gasteiger partial charge in [-0.2, -0.15) is 0 Å². The molecule has 0 aliphatic heterocycles.